The summed E-state index contributed by atoms with van der Waals surface area (Å²) >= 11 is 1.43. The van der Waals surface area contributed by atoms with E-state index in [1.54, 1.807) is 31.0 Å². The molecule has 3 aromatic heterocycles. The molecule has 26 heavy (non-hydrogen) atoms. The standard InChI is InChI=1S/C17H18N6O2S/c1-2-25-16(24)12-10-26-15-13(12)14(20-11-21-15)22-6-8-23(9-7-22)17-18-4-3-5-19-17/h3-5,10-11H,2,6-9H2,1H3. The first kappa shape index (κ1) is 16.6. The lowest BCUT2D eigenvalue weighted by Gasteiger charge is -2.35. The third kappa shape index (κ3) is 3.05. The van der Waals surface area contributed by atoms with Gasteiger partial charge in [-0.05, 0) is 13.0 Å². The van der Waals surface area contributed by atoms with Crippen molar-refractivity contribution in [3.63, 3.8) is 0 Å². The molecule has 0 spiro atoms. The molecule has 8 nitrogen and oxygen atoms in total. The highest BCUT2D eigenvalue weighted by Crippen LogP contribution is 2.32. The second-order valence-electron chi connectivity index (χ2n) is 5.77. The molecule has 0 bridgehead atoms. The molecule has 0 atom stereocenters. The molecule has 1 fully saturated rings. The fourth-order valence-electron chi connectivity index (χ4n) is 3.03. The van der Waals surface area contributed by atoms with Crippen LogP contribution in [0.25, 0.3) is 10.2 Å². The predicted octanol–water partition coefficient (Wildman–Crippen LogP) is 1.98. The fourth-order valence-corrected chi connectivity index (χ4v) is 3.90. The highest BCUT2D eigenvalue weighted by atomic mass is 32.1. The summed E-state index contributed by atoms with van der Waals surface area (Å²) in [4.78, 5) is 34.8. The predicted molar refractivity (Wildman–Crippen MR) is 99.8 cm³/mol. The van der Waals surface area contributed by atoms with Crippen molar-refractivity contribution in [3.8, 4) is 0 Å². The Morgan fingerprint density at radius 2 is 1.85 bits per heavy atom. The van der Waals surface area contributed by atoms with E-state index in [1.807, 2.05) is 6.07 Å². The lowest BCUT2D eigenvalue weighted by Crippen LogP contribution is -2.47. The number of ether oxygens (including phenoxy) is 1. The van der Waals surface area contributed by atoms with Crippen LogP contribution in [0.5, 0.6) is 0 Å². The Kier molecular flexibility index (Phi) is 4.61. The van der Waals surface area contributed by atoms with Crippen LogP contribution < -0.4 is 9.80 Å². The molecule has 9 heteroatoms. The lowest BCUT2D eigenvalue weighted by atomic mass is 10.2. The summed E-state index contributed by atoms with van der Waals surface area (Å²) in [5.41, 5.74) is 0.538. The van der Waals surface area contributed by atoms with Crippen LogP contribution in [0, 0.1) is 0 Å². The fraction of sp³-hybridized carbons (Fsp3) is 0.353. The normalized spacial score (nSPS) is 14.7. The maximum Gasteiger partial charge on any atom is 0.339 e. The van der Waals surface area contributed by atoms with E-state index in [0.717, 1.165) is 48.2 Å². The number of carbonyl (C=O) groups is 1. The molecule has 0 aliphatic carbocycles. The summed E-state index contributed by atoms with van der Waals surface area (Å²) < 4.78 is 5.18. The van der Waals surface area contributed by atoms with Gasteiger partial charge in [-0.25, -0.2) is 24.7 Å². The summed E-state index contributed by atoms with van der Waals surface area (Å²) in [6.07, 6.45) is 5.05. The van der Waals surface area contributed by atoms with E-state index in [1.165, 1.54) is 11.3 Å². The highest BCUT2D eigenvalue weighted by Gasteiger charge is 2.25. The van der Waals surface area contributed by atoms with Crippen molar-refractivity contribution in [2.45, 2.75) is 6.92 Å². The number of aromatic nitrogens is 4. The topological polar surface area (TPSA) is 84.3 Å². The van der Waals surface area contributed by atoms with Gasteiger partial charge >= 0.3 is 5.97 Å². The SMILES string of the molecule is CCOC(=O)c1csc2ncnc(N3CCN(c4ncccn4)CC3)c12. The van der Waals surface area contributed by atoms with Crippen LogP contribution in [-0.4, -0.2) is 58.7 Å². The Balaban J connectivity index is 1.60. The van der Waals surface area contributed by atoms with Crippen molar-refractivity contribution in [1.29, 1.82) is 0 Å². The third-order valence-corrected chi connectivity index (χ3v) is 5.15. The number of thiophene rings is 1. The number of carbonyl (C=O) groups excluding carboxylic acids is 1. The summed E-state index contributed by atoms with van der Waals surface area (Å²) in [5, 5.41) is 2.58. The number of anilines is 2. The van der Waals surface area contributed by atoms with Crippen LogP contribution in [0.3, 0.4) is 0 Å². The second kappa shape index (κ2) is 7.20. The summed E-state index contributed by atoms with van der Waals surface area (Å²) in [6.45, 7) is 5.25. The van der Waals surface area contributed by atoms with Crippen molar-refractivity contribution in [2.24, 2.45) is 0 Å². The molecule has 0 amide bonds. The van der Waals surface area contributed by atoms with Gasteiger partial charge in [0, 0.05) is 44.0 Å². The van der Waals surface area contributed by atoms with Crippen LogP contribution >= 0.6 is 11.3 Å². The number of hydrogen-bond donors (Lipinski definition) is 0. The van der Waals surface area contributed by atoms with Crippen LogP contribution in [0.4, 0.5) is 11.8 Å². The Bertz CT molecular complexity index is 908. The molecule has 4 rings (SSSR count). The molecule has 0 aromatic carbocycles. The molecule has 0 N–H and O–H groups in total. The zero-order chi connectivity index (χ0) is 17.9. The molecular formula is C17H18N6O2S. The Hall–Kier alpha value is -2.81. The van der Waals surface area contributed by atoms with Crippen LogP contribution in [-0.2, 0) is 4.74 Å². The maximum absolute atomic E-state index is 12.3. The Morgan fingerprint density at radius 1 is 1.12 bits per heavy atom. The number of esters is 1. The zero-order valence-corrected chi connectivity index (χ0v) is 15.1. The molecule has 0 radical (unpaired) electrons. The van der Waals surface area contributed by atoms with Gasteiger partial charge in [0.05, 0.1) is 17.6 Å². The van der Waals surface area contributed by atoms with Gasteiger partial charge in [-0.2, -0.15) is 0 Å². The molecule has 0 unspecified atom stereocenters. The van der Waals surface area contributed by atoms with Gasteiger partial charge in [0.25, 0.3) is 0 Å². The maximum atomic E-state index is 12.3. The minimum atomic E-state index is -0.328. The Morgan fingerprint density at radius 3 is 2.58 bits per heavy atom. The van der Waals surface area contributed by atoms with Gasteiger partial charge in [-0.3, -0.25) is 0 Å². The van der Waals surface area contributed by atoms with Gasteiger partial charge < -0.3 is 14.5 Å². The van der Waals surface area contributed by atoms with E-state index < -0.39 is 0 Å². The quantitative estimate of drug-likeness (QED) is 0.645. The first-order chi connectivity index (χ1) is 12.8. The van der Waals surface area contributed by atoms with E-state index >= 15 is 0 Å². The van der Waals surface area contributed by atoms with Crippen molar-refractivity contribution >= 4 is 39.3 Å². The number of piperazine rings is 1. The average molecular weight is 370 g/mol. The minimum Gasteiger partial charge on any atom is -0.462 e. The van der Waals surface area contributed by atoms with E-state index in [9.17, 15) is 4.79 Å². The molecular weight excluding hydrogens is 352 g/mol. The number of fused-ring (bicyclic) bond motifs is 1. The van der Waals surface area contributed by atoms with Crippen molar-refractivity contribution in [3.05, 3.63) is 35.7 Å². The van der Waals surface area contributed by atoms with Crippen LogP contribution in [0.1, 0.15) is 17.3 Å². The smallest absolute Gasteiger partial charge is 0.339 e. The zero-order valence-electron chi connectivity index (χ0n) is 14.3. The van der Waals surface area contributed by atoms with Gasteiger partial charge in [-0.15, -0.1) is 11.3 Å². The highest BCUT2D eigenvalue weighted by molar-refractivity contribution is 7.17. The largest absolute Gasteiger partial charge is 0.462 e. The van der Waals surface area contributed by atoms with Crippen molar-refractivity contribution in [1.82, 2.24) is 19.9 Å². The first-order valence-electron chi connectivity index (χ1n) is 8.44. The summed E-state index contributed by atoms with van der Waals surface area (Å²) in [6, 6.07) is 1.81. The first-order valence-corrected chi connectivity index (χ1v) is 9.32. The summed E-state index contributed by atoms with van der Waals surface area (Å²) in [7, 11) is 0. The van der Waals surface area contributed by atoms with Crippen LogP contribution in [0.15, 0.2) is 30.2 Å². The number of hydrogen-bond acceptors (Lipinski definition) is 9. The number of nitrogens with zero attached hydrogens (tertiary/aromatic N) is 6. The lowest BCUT2D eigenvalue weighted by molar-refractivity contribution is 0.0529. The van der Waals surface area contributed by atoms with E-state index in [2.05, 4.69) is 29.7 Å². The molecule has 1 saturated heterocycles. The Labute approximate surface area is 154 Å². The van der Waals surface area contributed by atoms with E-state index in [-0.39, 0.29) is 5.97 Å². The average Bonchev–Trinajstić information content (AvgIpc) is 3.13. The van der Waals surface area contributed by atoms with Gasteiger partial charge in [0.15, 0.2) is 0 Å². The summed E-state index contributed by atoms with van der Waals surface area (Å²) in [5.74, 6) is 1.20. The van der Waals surface area contributed by atoms with Gasteiger partial charge in [0.2, 0.25) is 5.95 Å². The molecule has 4 heterocycles. The number of rotatable bonds is 4. The molecule has 134 valence electrons. The minimum absolute atomic E-state index is 0.328. The monoisotopic (exact) mass is 370 g/mol. The van der Waals surface area contributed by atoms with Crippen molar-refractivity contribution in [2.75, 3.05) is 42.6 Å². The molecule has 3 aromatic rings. The van der Waals surface area contributed by atoms with E-state index in [4.69, 9.17) is 4.74 Å². The molecule has 0 saturated carbocycles. The molecule has 1 aliphatic rings. The third-order valence-electron chi connectivity index (χ3n) is 4.26. The molecule has 1 aliphatic heterocycles. The van der Waals surface area contributed by atoms with Crippen LogP contribution in [0.2, 0.25) is 0 Å². The van der Waals surface area contributed by atoms with Gasteiger partial charge in [0.1, 0.15) is 17.0 Å². The van der Waals surface area contributed by atoms with Gasteiger partial charge in [-0.1, -0.05) is 0 Å². The van der Waals surface area contributed by atoms with Crippen molar-refractivity contribution < 1.29 is 9.53 Å². The van der Waals surface area contributed by atoms with E-state index in [0.29, 0.717) is 12.2 Å². The second-order valence-corrected chi connectivity index (χ2v) is 6.63.